The highest BCUT2D eigenvalue weighted by molar-refractivity contribution is 6.30. The molecule has 3 aromatic rings. The quantitative estimate of drug-likeness (QED) is 0.367. The maximum Gasteiger partial charge on any atom is 0.285 e. The lowest BCUT2D eigenvalue weighted by molar-refractivity contribution is -0.217. The summed E-state index contributed by atoms with van der Waals surface area (Å²) in [5.74, 6) is -2.86. The highest BCUT2D eigenvalue weighted by Gasteiger charge is 2.61. The Hall–Kier alpha value is -3.37. The maximum absolute atomic E-state index is 16.1. The zero-order valence-corrected chi connectivity index (χ0v) is 22.3. The van der Waals surface area contributed by atoms with Gasteiger partial charge in [-0.1, -0.05) is 51.9 Å². The number of primary amides is 1. The lowest BCUT2D eigenvalue weighted by Crippen LogP contribution is -2.52. The van der Waals surface area contributed by atoms with Crippen molar-refractivity contribution in [1.82, 2.24) is 10.1 Å². The van der Waals surface area contributed by atoms with Gasteiger partial charge in [0.1, 0.15) is 6.10 Å². The van der Waals surface area contributed by atoms with Crippen molar-refractivity contribution in [1.29, 1.82) is 0 Å². The lowest BCUT2D eigenvalue weighted by Gasteiger charge is -2.33. The third kappa shape index (κ3) is 4.59. The van der Waals surface area contributed by atoms with Gasteiger partial charge < -0.3 is 15.6 Å². The van der Waals surface area contributed by atoms with E-state index in [1.165, 1.54) is 12.3 Å². The number of Topliss-reactive ketones (excluding diaryl/α,β-unsaturated/α-hetero) is 1. The molecular formula is C28H24Cl2FN3O5. The van der Waals surface area contributed by atoms with Crippen LogP contribution in [0.3, 0.4) is 0 Å². The summed E-state index contributed by atoms with van der Waals surface area (Å²) in [4.78, 5) is 43.4. The van der Waals surface area contributed by atoms with Crippen molar-refractivity contribution in [2.24, 2.45) is 11.1 Å². The fourth-order valence-corrected chi connectivity index (χ4v) is 5.11. The minimum absolute atomic E-state index is 0.0807. The van der Waals surface area contributed by atoms with Gasteiger partial charge in [0.15, 0.2) is 0 Å². The molecular weight excluding hydrogens is 548 g/mol. The summed E-state index contributed by atoms with van der Waals surface area (Å²) >= 11 is 12.1. The molecule has 2 heterocycles. The van der Waals surface area contributed by atoms with Gasteiger partial charge in [-0.05, 0) is 60.7 Å². The summed E-state index contributed by atoms with van der Waals surface area (Å²) in [7, 11) is 0. The van der Waals surface area contributed by atoms with Crippen LogP contribution in [0.2, 0.25) is 10.0 Å². The number of nitrogens with two attached hydrogens (primary N) is 1. The second-order valence-electron chi connectivity index (χ2n) is 9.87. The average Bonchev–Trinajstić information content (AvgIpc) is 3.68. The summed E-state index contributed by atoms with van der Waals surface area (Å²) in [5.41, 5.74) is 3.85. The van der Waals surface area contributed by atoms with E-state index in [0.717, 1.165) is 6.92 Å². The largest absolute Gasteiger partial charge is 0.385 e. The monoisotopic (exact) mass is 571 g/mol. The van der Waals surface area contributed by atoms with Crippen LogP contribution in [0.25, 0.3) is 11.1 Å². The van der Waals surface area contributed by atoms with Crippen molar-refractivity contribution in [3.8, 4) is 11.1 Å². The zero-order chi connectivity index (χ0) is 28.1. The first-order chi connectivity index (χ1) is 18.5. The third-order valence-corrected chi connectivity index (χ3v) is 7.77. The van der Waals surface area contributed by atoms with Gasteiger partial charge in [0, 0.05) is 28.9 Å². The number of ketones is 1. The maximum atomic E-state index is 16.1. The summed E-state index contributed by atoms with van der Waals surface area (Å²) in [6.45, 7) is 0.756. The van der Waals surface area contributed by atoms with Gasteiger partial charge in [-0.25, -0.2) is 0 Å². The molecule has 2 aliphatic rings. The van der Waals surface area contributed by atoms with E-state index in [2.05, 4.69) is 4.98 Å². The Labute approximate surface area is 233 Å². The van der Waals surface area contributed by atoms with Gasteiger partial charge in [0.25, 0.3) is 11.6 Å². The predicted molar refractivity (Wildman–Crippen MR) is 141 cm³/mol. The van der Waals surface area contributed by atoms with Crippen LogP contribution in [-0.2, 0) is 26.5 Å². The number of benzene rings is 2. The summed E-state index contributed by atoms with van der Waals surface area (Å²) in [6.07, 6.45) is 0.647. The smallest absolute Gasteiger partial charge is 0.285 e. The first kappa shape index (κ1) is 27.2. The second-order valence-corrected chi connectivity index (χ2v) is 10.7. The number of halogens is 3. The molecule has 39 heavy (non-hydrogen) atoms. The Kier molecular flexibility index (Phi) is 6.97. The molecule has 11 heteroatoms. The van der Waals surface area contributed by atoms with Gasteiger partial charge >= 0.3 is 0 Å². The van der Waals surface area contributed by atoms with E-state index in [0.29, 0.717) is 45.3 Å². The van der Waals surface area contributed by atoms with E-state index >= 15 is 4.48 Å². The van der Waals surface area contributed by atoms with Crippen LogP contribution in [0.1, 0.15) is 46.9 Å². The number of ether oxygens (including phenoxy) is 1. The van der Waals surface area contributed by atoms with E-state index in [9.17, 15) is 19.5 Å². The molecule has 3 N–H and O–H groups in total. The molecule has 0 spiro atoms. The van der Waals surface area contributed by atoms with Gasteiger partial charge in [0.2, 0.25) is 11.7 Å². The Morgan fingerprint density at radius 3 is 2.36 bits per heavy atom. The third-order valence-electron chi connectivity index (χ3n) is 7.30. The molecule has 1 unspecified atom stereocenters. The standard InChI is InChI=1S/C28H24Cl2FN3O5/c1-15(35)24(36)28(39-14-27(10-11-27)26(32)38)22-9-8-20(16-2-4-17(29)5-3-16)21(23(22)25(37)34(28)31)12-19-7-6-18(30)13-33-19/h2-9,13,15,35H,10-12,14H2,1H3,(H2,32,38)/t15?,28-/m1/s1. The number of aromatic nitrogens is 1. The number of hydrogen-bond acceptors (Lipinski definition) is 6. The van der Waals surface area contributed by atoms with Crippen LogP contribution >= 0.6 is 23.2 Å². The molecule has 1 aromatic heterocycles. The van der Waals surface area contributed by atoms with Crippen LogP contribution in [0.5, 0.6) is 0 Å². The number of rotatable bonds is 9. The minimum atomic E-state index is -2.60. The number of amides is 2. The van der Waals surface area contributed by atoms with E-state index in [1.54, 1.807) is 42.5 Å². The summed E-state index contributed by atoms with van der Waals surface area (Å²) < 4.78 is 21.9. The van der Waals surface area contributed by atoms with Gasteiger partial charge in [-0.2, -0.15) is 0 Å². The van der Waals surface area contributed by atoms with Crippen LogP contribution < -0.4 is 5.73 Å². The Morgan fingerprint density at radius 1 is 1.13 bits per heavy atom. The number of aliphatic hydroxyl groups is 1. The van der Waals surface area contributed by atoms with Crippen molar-refractivity contribution in [2.75, 3.05) is 6.61 Å². The lowest BCUT2D eigenvalue weighted by atomic mass is 9.86. The van der Waals surface area contributed by atoms with E-state index in [1.807, 2.05) is 0 Å². The first-order valence-electron chi connectivity index (χ1n) is 12.2. The van der Waals surface area contributed by atoms with Crippen LogP contribution in [0.4, 0.5) is 4.48 Å². The Morgan fingerprint density at radius 2 is 1.79 bits per heavy atom. The number of carbonyl (C=O) groups is 3. The molecule has 0 bridgehead atoms. The molecule has 0 saturated heterocycles. The zero-order valence-electron chi connectivity index (χ0n) is 20.8. The molecule has 202 valence electrons. The SMILES string of the molecule is CC(O)C(=O)[C@]1(OCC2(C(N)=O)CC2)c2ccc(-c3ccc(Cl)cc3)c(Cc3ccc(Cl)cn3)c2C(=O)N1F. The molecule has 2 atom stereocenters. The van der Waals surface area contributed by atoms with E-state index in [4.69, 9.17) is 33.7 Å². The minimum Gasteiger partial charge on any atom is -0.385 e. The van der Waals surface area contributed by atoms with Gasteiger partial charge in [-0.15, -0.1) is 5.12 Å². The Bertz CT molecular complexity index is 1480. The van der Waals surface area contributed by atoms with Crippen molar-refractivity contribution in [3.63, 3.8) is 0 Å². The van der Waals surface area contributed by atoms with Crippen LogP contribution in [0, 0.1) is 5.41 Å². The number of carbonyl (C=O) groups excluding carboxylic acids is 3. The molecule has 1 saturated carbocycles. The number of aliphatic hydroxyl groups excluding tert-OH is 1. The van der Waals surface area contributed by atoms with Gasteiger partial charge in [0.05, 0.1) is 22.6 Å². The number of nitrogens with zero attached hydrogens (tertiary/aromatic N) is 2. The summed E-state index contributed by atoms with van der Waals surface area (Å²) in [6, 6.07) is 13.3. The fraction of sp³-hybridized carbons (Fsp3) is 0.286. The number of pyridine rings is 1. The normalized spacial score (nSPS) is 20.0. The molecule has 1 aliphatic carbocycles. The van der Waals surface area contributed by atoms with E-state index in [-0.39, 0.29) is 22.7 Å². The van der Waals surface area contributed by atoms with Crippen molar-refractivity contribution in [3.05, 3.63) is 87.2 Å². The molecule has 1 aliphatic heterocycles. The molecule has 8 nitrogen and oxygen atoms in total. The Balaban J connectivity index is 1.72. The van der Waals surface area contributed by atoms with Crippen LogP contribution in [-0.4, -0.2) is 45.5 Å². The average molecular weight is 572 g/mol. The summed E-state index contributed by atoms with van der Waals surface area (Å²) in [5, 5.41) is 10.9. The molecule has 0 radical (unpaired) electrons. The van der Waals surface area contributed by atoms with Crippen molar-refractivity contribution < 1.29 is 28.7 Å². The number of hydrogen-bond donors (Lipinski definition) is 2. The molecule has 2 amide bonds. The molecule has 1 fully saturated rings. The van der Waals surface area contributed by atoms with Crippen LogP contribution in [0.15, 0.2) is 54.7 Å². The van der Waals surface area contributed by atoms with Crippen molar-refractivity contribution >= 4 is 40.8 Å². The second kappa shape index (κ2) is 9.98. The topological polar surface area (TPSA) is 123 Å². The molecule has 2 aromatic carbocycles. The number of fused-ring (bicyclic) bond motifs is 1. The van der Waals surface area contributed by atoms with E-state index < -0.39 is 41.4 Å². The first-order valence-corrected chi connectivity index (χ1v) is 12.9. The highest BCUT2D eigenvalue weighted by atomic mass is 35.5. The molecule has 5 rings (SSSR count). The highest BCUT2D eigenvalue weighted by Crippen LogP contribution is 2.51. The van der Waals surface area contributed by atoms with Crippen molar-refractivity contribution in [2.45, 2.75) is 38.0 Å². The van der Waals surface area contributed by atoms with Gasteiger partial charge in [-0.3, -0.25) is 19.4 Å². The predicted octanol–water partition coefficient (Wildman–Crippen LogP) is 4.37. The fourth-order valence-electron chi connectivity index (χ4n) is 4.87.